The average molecular weight is 256 g/mol. The maximum Gasteiger partial charge on any atom is 0.151 e. The lowest BCUT2D eigenvalue weighted by atomic mass is 10.1. The summed E-state index contributed by atoms with van der Waals surface area (Å²) in [6.07, 6.45) is 4.26. The van der Waals surface area contributed by atoms with Gasteiger partial charge in [0.25, 0.3) is 0 Å². The summed E-state index contributed by atoms with van der Waals surface area (Å²) in [5.41, 5.74) is 0. The summed E-state index contributed by atoms with van der Waals surface area (Å²) < 4.78 is 0. The summed E-state index contributed by atoms with van der Waals surface area (Å²) in [7, 11) is 0. The molecule has 0 radical (unpaired) electrons. The molecule has 1 atom stereocenters. The van der Waals surface area contributed by atoms with Gasteiger partial charge in [-0.15, -0.1) is 5.10 Å². The van der Waals surface area contributed by atoms with Gasteiger partial charge in [-0.05, 0) is 30.9 Å². The summed E-state index contributed by atoms with van der Waals surface area (Å²) >= 11 is 3.49. The number of nitrogens with zero attached hydrogens (tertiary/aromatic N) is 3. The molecule has 3 nitrogen and oxygen atoms in total. The first kappa shape index (κ1) is 9.90. The highest BCUT2D eigenvalue weighted by Gasteiger charge is 2.22. The third-order valence-corrected chi connectivity index (χ3v) is 3.14. The van der Waals surface area contributed by atoms with Gasteiger partial charge in [0.2, 0.25) is 0 Å². The van der Waals surface area contributed by atoms with Gasteiger partial charge in [0.15, 0.2) is 5.82 Å². The zero-order valence-corrected chi connectivity index (χ0v) is 9.65. The minimum absolute atomic E-state index is 0.816. The average Bonchev–Trinajstić information content (AvgIpc) is 2.68. The van der Waals surface area contributed by atoms with Crippen LogP contribution in [0.2, 0.25) is 0 Å². The first-order chi connectivity index (χ1) is 6.90. The predicted octanol–water partition coefficient (Wildman–Crippen LogP) is 2.09. The predicted molar refractivity (Wildman–Crippen MR) is 60.8 cm³/mol. The van der Waals surface area contributed by atoms with E-state index in [4.69, 9.17) is 0 Å². The molecule has 2 rings (SSSR count). The third kappa shape index (κ3) is 2.23. The maximum atomic E-state index is 4.12. The van der Waals surface area contributed by atoms with Crippen LogP contribution in [0.4, 0.5) is 5.82 Å². The SMILES string of the molecule is BrCCC1CCN(c2cccnn2)C1. The molecule has 4 heteroatoms. The molecule has 76 valence electrons. The molecule has 0 saturated carbocycles. The van der Waals surface area contributed by atoms with Crippen molar-refractivity contribution in [2.45, 2.75) is 12.8 Å². The van der Waals surface area contributed by atoms with Crippen LogP contribution in [0.25, 0.3) is 0 Å². The molecule has 1 unspecified atom stereocenters. The summed E-state index contributed by atoms with van der Waals surface area (Å²) in [6.45, 7) is 2.25. The molecule has 1 aliphatic rings. The Morgan fingerprint density at radius 3 is 3.21 bits per heavy atom. The van der Waals surface area contributed by atoms with Gasteiger partial charge in [-0.2, -0.15) is 5.10 Å². The van der Waals surface area contributed by atoms with Crippen molar-refractivity contribution >= 4 is 21.7 Å². The molecule has 1 aromatic heterocycles. The van der Waals surface area contributed by atoms with Gasteiger partial charge >= 0.3 is 0 Å². The Bertz CT molecular complexity index is 278. The molecule has 1 saturated heterocycles. The molecule has 14 heavy (non-hydrogen) atoms. The van der Waals surface area contributed by atoms with Gasteiger partial charge in [0, 0.05) is 24.6 Å². The monoisotopic (exact) mass is 255 g/mol. The lowest BCUT2D eigenvalue weighted by molar-refractivity contribution is 0.575. The number of aromatic nitrogens is 2. The highest BCUT2D eigenvalue weighted by Crippen LogP contribution is 2.23. The summed E-state index contributed by atoms with van der Waals surface area (Å²) in [6, 6.07) is 3.98. The van der Waals surface area contributed by atoms with E-state index in [0.29, 0.717) is 0 Å². The molecule has 0 N–H and O–H groups in total. The smallest absolute Gasteiger partial charge is 0.151 e. The Hall–Kier alpha value is -0.640. The number of halogens is 1. The molecular formula is C10H14BrN3. The van der Waals surface area contributed by atoms with Crippen LogP contribution in [0.15, 0.2) is 18.3 Å². The Balaban J connectivity index is 1.96. The highest BCUT2D eigenvalue weighted by atomic mass is 79.9. The molecular weight excluding hydrogens is 242 g/mol. The standard InChI is InChI=1S/C10H14BrN3/c11-5-3-9-4-7-14(8-9)10-2-1-6-12-13-10/h1-2,6,9H,3-5,7-8H2. The second kappa shape index (κ2) is 4.73. The van der Waals surface area contributed by atoms with E-state index in [1.165, 1.54) is 12.8 Å². The van der Waals surface area contributed by atoms with Crippen LogP contribution in [0.1, 0.15) is 12.8 Å². The zero-order valence-electron chi connectivity index (χ0n) is 8.06. The largest absolute Gasteiger partial charge is 0.355 e. The van der Waals surface area contributed by atoms with Crippen LogP contribution in [-0.2, 0) is 0 Å². The van der Waals surface area contributed by atoms with Crippen molar-refractivity contribution in [3.8, 4) is 0 Å². The van der Waals surface area contributed by atoms with Crippen molar-refractivity contribution in [3.05, 3.63) is 18.3 Å². The van der Waals surface area contributed by atoms with Crippen LogP contribution in [0.3, 0.4) is 0 Å². The van der Waals surface area contributed by atoms with Crippen LogP contribution in [-0.4, -0.2) is 28.6 Å². The molecule has 0 aromatic carbocycles. The number of rotatable bonds is 3. The number of hydrogen-bond acceptors (Lipinski definition) is 3. The van der Waals surface area contributed by atoms with Crippen LogP contribution in [0.5, 0.6) is 0 Å². The van der Waals surface area contributed by atoms with Crippen molar-refractivity contribution in [2.24, 2.45) is 5.92 Å². The normalized spacial score (nSPS) is 21.5. The number of anilines is 1. The van der Waals surface area contributed by atoms with E-state index in [2.05, 4.69) is 31.0 Å². The van der Waals surface area contributed by atoms with Gasteiger partial charge in [-0.1, -0.05) is 15.9 Å². The zero-order chi connectivity index (χ0) is 9.80. The molecule has 1 aliphatic heterocycles. The fourth-order valence-electron chi connectivity index (χ4n) is 1.89. The summed E-state index contributed by atoms with van der Waals surface area (Å²) in [4.78, 5) is 2.32. The lowest BCUT2D eigenvalue weighted by Gasteiger charge is -2.15. The minimum atomic E-state index is 0.816. The Labute approximate surface area is 92.7 Å². The third-order valence-electron chi connectivity index (χ3n) is 2.69. The van der Waals surface area contributed by atoms with Crippen molar-refractivity contribution in [2.75, 3.05) is 23.3 Å². The quantitative estimate of drug-likeness (QED) is 0.775. The van der Waals surface area contributed by atoms with Gasteiger partial charge in [-0.25, -0.2) is 0 Å². The maximum absolute atomic E-state index is 4.12. The minimum Gasteiger partial charge on any atom is -0.355 e. The van der Waals surface area contributed by atoms with Gasteiger partial charge in [0.05, 0.1) is 0 Å². The first-order valence-electron chi connectivity index (χ1n) is 4.99. The molecule has 1 fully saturated rings. The van der Waals surface area contributed by atoms with Crippen molar-refractivity contribution in [1.82, 2.24) is 10.2 Å². The van der Waals surface area contributed by atoms with E-state index in [1.807, 2.05) is 12.1 Å². The van der Waals surface area contributed by atoms with Crippen LogP contribution >= 0.6 is 15.9 Å². The van der Waals surface area contributed by atoms with Crippen molar-refractivity contribution < 1.29 is 0 Å². The Morgan fingerprint density at radius 1 is 1.57 bits per heavy atom. The van der Waals surface area contributed by atoms with E-state index in [-0.39, 0.29) is 0 Å². The van der Waals surface area contributed by atoms with Crippen molar-refractivity contribution in [1.29, 1.82) is 0 Å². The highest BCUT2D eigenvalue weighted by molar-refractivity contribution is 9.09. The Kier molecular flexibility index (Phi) is 3.35. The molecule has 2 heterocycles. The second-order valence-corrected chi connectivity index (χ2v) is 4.45. The second-order valence-electron chi connectivity index (χ2n) is 3.66. The van der Waals surface area contributed by atoms with Gasteiger partial charge < -0.3 is 4.90 Å². The summed E-state index contributed by atoms with van der Waals surface area (Å²) in [5, 5.41) is 9.12. The molecule has 0 spiro atoms. The lowest BCUT2D eigenvalue weighted by Crippen LogP contribution is -2.21. The first-order valence-corrected chi connectivity index (χ1v) is 6.11. The van der Waals surface area contributed by atoms with E-state index in [9.17, 15) is 0 Å². The fraction of sp³-hybridized carbons (Fsp3) is 0.600. The fourth-order valence-corrected chi connectivity index (χ4v) is 2.54. The molecule has 1 aromatic rings. The van der Waals surface area contributed by atoms with Crippen LogP contribution < -0.4 is 4.90 Å². The number of hydrogen-bond donors (Lipinski definition) is 0. The molecule has 0 amide bonds. The van der Waals surface area contributed by atoms with Gasteiger partial charge in [0.1, 0.15) is 0 Å². The van der Waals surface area contributed by atoms with E-state index in [0.717, 1.165) is 30.2 Å². The topological polar surface area (TPSA) is 29.0 Å². The summed E-state index contributed by atoms with van der Waals surface area (Å²) in [5.74, 6) is 1.83. The molecule has 0 aliphatic carbocycles. The Morgan fingerprint density at radius 2 is 2.50 bits per heavy atom. The number of alkyl halides is 1. The van der Waals surface area contributed by atoms with E-state index >= 15 is 0 Å². The van der Waals surface area contributed by atoms with Gasteiger partial charge in [-0.3, -0.25) is 0 Å². The molecule has 0 bridgehead atoms. The van der Waals surface area contributed by atoms with Crippen molar-refractivity contribution in [3.63, 3.8) is 0 Å². The van der Waals surface area contributed by atoms with Crippen LogP contribution in [0, 0.1) is 5.92 Å². The van der Waals surface area contributed by atoms with E-state index < -0.39 is 0 Å². The van der Waals surface area contributed by atoms with E-state index in [1.54, 1.807) is 6.20 Å².